The molecule has 1 amide bonds. The molecule has 0 unspecified atom stereocenters. The third-order valence-corrected chi connectivity index (χ3v) is 5.60. The highest BCUT2D eigenvalue weighted by atomic mass is 19.2. The van der Waals surface area contributed by atoms with E-state index >= 15 is 0 Å². The van der Waals surface area contributed by atoms with Crippen LogP contribution in [0.2, 0.25) is 0 Å². The molecule has 7 heteroatoms. The lowest BCUT2D eigenvalue weighted by molar-refractivity contribution is -1.02. The van der Waals surface area contributed by atoms with Crippen molar-refractivity contribution in [1.29, 1.82) is 0 Å². The van der Waals surface area contributed by atoms with E-state index in [1.807, 2.05) is 12.1 Å². The summed E-state index contributed by atoms with van der Waals surface area (Å²) in [5, 5.41) is 2.39. The van der Waals surface area contributed by atoms with E-state index in [1.54, 1.807) is 6.92 Å². The number of carbonyl (C=O) groups is 1. The summed E-state index contributed by atoms with van der Waals surface area (Å²) in [5.74, 6) is -4.63. The van der Waals surface area contributed by atoms with Crippen LogP contribution in [0.1, 0.15) is 18.1 Å². The predicted octanol–water partition coefficient (Wildman–Crippen LogP) is 0.723. The number of nitrogens with one attached hydrogen (secondary N) is 3. The highest BCUT2D eigenvalue weighted by molar-refractivity contribution is 5.93. The lowest BCUT2D eigenvalue weighted by Gasteiger charge is -2.32. The molecule has 0 radical (unpaired) electrons. The van der Waals surface area contributed by atoms with E-state index < -0.39 is 29.4 Å². The molecule has 0 spiro atoms. The number of quaternary nitrogens is 2. The van der Waals surface area contributed by atoms with Gasteiger partial charge >= 0.3 is 0 Å². The van der Waals surface area contributed by atoms with Gasteiger partial charge in [0.05, 0.1) is 5.69 Å². The molecule has 3 rings (SSSR count). The topological polar surface area (TPSA) is 38.0 Å². The molecule has 2 aromatic rings. The second kappa shape index (κ2) is 8.75. The molecule has 1 aliphatic heterocycles. The number of benzene rings is 2. The number of anilines is 1. The first-order valence-corrected chi connectivity index (χ1v) is 9.54. The van der Waals surface area contributed by atoms with Crippen molar-refractivity contribution in [2.24, 2.45) is 0 Å². The van der Waals surface area contributed by atoms with Gasteiger partial charge in [-0.1, -0.05) is 24.3 Å². The first-order valence-electron chi connectivity index (χ1n) is 9.54. The van der Waals surface area contributed by atoms with Gasteiger partial charge in [-0.25, -0.2) is 13.2 Å². The zero-order valence-electron chi connectivity index (χ0n) is 16.1. The van der Waals surface area contributed by atoms with Crippen LogP contribution in [0.4, 0.5) is 18.9 Å². The molecule has 4 nitrogen and oxygen atoms in total. The fourth-order valence-electron chi connectivity index (χ4n) is 3.66. The quantitative estimate of drug-likeness (QED) is 0.644. The van der Waals surface area contributed by atoms with E-state index in [2.05, 4.69) is 24.4 Å². The lowest BCUT2D eigenvalue weighted by atomic mass is 10.1. The Bertz CT molecular complexity index is 851. The van der Waals surface area contributed by atoms with Crippen molar-refractivity contribution in [3.05, 3.63) is 65.0 Å². The van der Waals surface area contributed by atoms with Crippen LogP contribution in [0.25, 0.3) is 0 Å². The van der Waals surface area contributed by atoms with E-state index in [0.717, 1.165) is 49.8 Å². The number of aryl methyl sites for hydroxylation is 1. The maximum absolute atomic E-state index is 13.8. The second-order valence-corrected chi connectivity index (χ2v) is 7.45. The Morgan fingerprint density at radius 2 is 1.71 bits per heavy atom. The van der Waals surface area contributed by atoms with Crippen LogP contribution in [-0.4, -0.2) is 38.1 Å². The minimum absolute atomic E-state index is 0.334. The number of rotatable bonds is 5. The largest absolute Gasteiger partial charge is 0.322 e. The number of hydrogen-bond acceptors (Lipinski definition) is 1. The van der Waals surface area contributed by atoms with Gasteiger partial charge in [0, 0.05) is 5.56 Å². The Kier molecular flexibility index (Phi) is 6.36. The number of piperazine rings is 1. The molecule has 150 valence electrons. The highest BCUT2D eigenvalue weighted by Gasteiger charge is 2.31. The maximum Gasteiger partial charge on any atom is 0.282 e. The van der Waals surface area contributed by atoms with Gasteiger partial charge in [-0.05, 0) is 31.5 Å². The SMILES string of the molecule is Cc1ccccc1C[NH+]1CC[NH+]([C@H](C)C(=O)Nc2ccc(F)c(F)c2F)CC1. The molecule has 1 heterocycles. The summed E-state index contributed by atoms with van der Waals surface area (Å²) >= 11 is 0. The third-order valence-electron chi connectivity index (χ3n) is 5.60. The van der Waals surface area contributed by atoms with Crippen LogP contribution in [0.15, 0.2) is 36.4 Å². The van der Waals surface area contributed by atoms with Crippen molar-refractivity contribution in [3.8, 4) is 0 Å². The molecule has 2 aromatic carbocycles. The van der Waals surface area contributed by atoms with Crippen LogP contribution in [0.3, 0.4) is 0 Å². The minimum Gasteiger partial charge on any atom is -0.322 e. The van der Waals surface area contributed by atoms with Crippen molar-refractivity contribution in [1.82, 2.24) is 0 Å². The van der Waals surface area contributed by atoms with E-state index in [4.69, 9.17) is 0 Å². The highest BCUT2D eigenvalue weighted by Crippen LogP contribution is 2.19. The maximum atomic E-state index is 13.8. The molecule has 1 fully saturated rings. The number of carbonyl (C=O) groups excluding carboxylic acids is 1. The predicted molar refractivity (Wildman–Crippen MR) is 101 cm³/mol. The van der Waals surface area contributed by atoms with Gasteiger partial charge in [0.15, 0.2) is 23.5 Å². The summed E-state index contributed by atoms with van der Waals surface area (Å²) in [4.78, 5) is 15.0. The van der Waals surface area contributed by atoms with E-state index in [9.17, 15) is 18.0 Å². The second-order valence-electron chi connectivity index (χ2n) is 7.45. The Morgan fingerprint density at radius 1 is 1.04 bits per heavy atom. The van der Waals surface area contributed by atoms with Gasteiger partial charge in [0.25, 0.3) is 5.91 Å². The minimum atomic E-state index is -1.58. The van der Waals surface area contributed by atoms with Crippen molar-refractivity contribution in [3.63, 3.8) is 0 Å². The zero-order valence-corrected chi connectivity index (χ0v) is 16.1. The molecule has 0 saturated carbocycles. The summed E-state index contributed by atoms with van der Waals surface area (Å²) in [5.41, 5.74) is 2.28. The van der Waals surface area contributed by atoms with E-state index in [-0.39, 0.29) is 5.69 Å². The van der Waals surface area contributed by atoms with Gasteiger partial charge in [-0.15, -0.1) is 0 Å². The summed E-state index contributed by atoms with van der Waals surface area (Å²) in [6, 6.07) is 9.78. The molecule has 3 N–H and O–H groups in total. The fraction of sp³-hybridized carbons (Fsp3) is 0.381. The van der Waals surface area contributed by atoms with Crippen LogP contribution in [-0.2, 0) is 11.3 Å². The van der Waals surface area contributed by atoms with Crippen LogP contribution < -0.4 is 15.1 Å². The Labute approximate surface area is 162 Å². The number of amides is 1. The fourth-order valence-corrected chi connectivity index (χ4v) is 3.66. The van der Waals surface area contributed by atoms with Crippen molar-refractivity contribution in [2.75, 3.05) is 31.5 Å². The third kappa shape index (κ3) is 4.54. The van der Waals surface area contributed by atoms with Crippen molar-refractivity contribution >= 4 is 11.6 Å². The van der Waals surface area contributed by atoms with Crippen molar-refractivity contribution < 1.29 is 27.8 Å². The van der Waals surface area contributed by atoms with Gasteiger partial charge < -0.3 is 15.1 Å². The molecule has 28 heavy (non-hydrogen) atoms. The molecule has 0 aliphatic carbocycles. The number of halogens is 3. The molecular weight excluding hydrogens is 367 g/mol. The standard InChI is InChI=1S/C21H24F3N3O/c1-14-5-3-4-6-16(14)13-26-9-11-27(12-10-26)15(2)21(28)25-18-8-7-17(22)19(23)20(18)24/h3-8,15H,9-13H2,1-2H3,(H,25,28)/p+2/t15-/m1/s1. The molecule has 0 bridgehead atoms. The summed E-state index contributed by atoms with van der Waals surface area (Å²) in [7, 11) is 0. The van der Waals surface area contributed by atoms with Crippen LogP contribution in [0.5, 0.6) is 0 Å². The molecule has 0 aromatic heterocycles. The Morgan fingerprint density at radius 3 is 2.39 bits per heavy atom. The summed E-state index contributed by atoms with van der Waals surface area (Å²) in [6.07, 6.45) is 0. The molecular formula is C21H26F3N3O+2. The van der Waals surface area contributed by atoms with Gasteiger partial charge in [-0.3, -0.25) is 4.79 Å². The van der Waals surface area contributed by atoms with E-state index in [0.29, 0.717) is 0 Å². The van der Waals surface area contributed by atoms with Gasteiger partial charge in [-0.2, -0.15) is 0 Å². The van der Waals surface area contributed by atoms with Crippen LogP contribution in [0, 0.1) is 24.4 Å². The van der Waals surface area contributed by atoms with Crippen LogP contribution >= 0.6 is 0 Å². The molecule has 1 aliphatic rings. The molecule has 1 atom stereocenters. The first-order chi connectivity index (χ1) is 13.4. The van der Waals surface area contributed by atoms with E-state index in [1.165, 1.54) is 16.0 Å². The number of hydrogen-bond donors (Lipinski definition) is 3. The first kappa shape index (κ1) is 20.4. The monoisotopic (exact) mass is 393 g/mol. The zero-order chi connectivity index (χ0) is 20.3. The molecule has 1 saturated heterocycles. The summed E-state index contributed by atoms with van der Waals surface area (Å²) in [6.45, 7) is 8.34. The average molecular weight is 393 g/mol. The van der Waals surface area contributed by atoms with Crippen molar-refractivity contribution in [2.45, 2.75) is 26.4 Å². The Balaban J connectivity index is 1.55. The van der Waals surface area contributed by atoms with Gasteiger partial charge in [0.2, 0.25) is 0 Å². The lowest BCUT2D eigenvalue weighted by Crippen LogP contribution is -3.29. The summed E-state index contributed by atoms with van der Waals surface area (Å²) < 4.78 is 40.1. The normalized spacial score (nSPS) is 20.6. The van der Waals surface area contributed by atoms with Gasteiger partial charge in [0.1, 0.15) is 32.7 Å². The smallest absolute Gasteiger partial charge is 0.282 e. The average Bonchev–Trinajstić information content (AvgIpc) is 2.70. The Hall–Kier alpha value is -2.38.